The number of methoxy groups -OCH3 is 1. The van der Waals surface area contributed by atoms with Crippen molar-refractivity contribution in [2.45, 2.75) is 12.6 Å². The zero-order valence-corrected chi connectivity index (χ0v) is 12.9. The quantitative estimate of drug-likeness (QED) is 0.568. The van der Waals surface area contributed by atoms with E-state index in [9.17, 15) is 19.8 Å². The third kappa shape index (κ3) is 3.19. The van der Waals surface area contributed by atoms with E-state index in [0.717, 1.165) is 4.90 Å². The lowest BCUT2D eigenvalue weighted by atomic mass is 10.0. The minimum absolute atomic E-state index is 0.00418. The molecule has 1 aromatic carbocycles. The summed E-state index contributed by atoms with van der Waals surface area (Å²) in [7, 11) is 2.73. The minimum atomic E-state index is -1.39. The van der Waals surface area contributed by atoms with Gasteiger partial charge in [0.15, 0.2) is 17.7 Å². The Morgan fingerprint density at radius 1 is 1.43 bits per heavy atom. The van der Waals surface area contributed by atoms with E-state index in [1.54, 1.807) is 12.1 Å². The molecule has 7 heteroatoms. The zero-order valence-electron chi connectivity index (χ0n) is 12.9. The molecule has 1 atom stereocenters. The second-order valence-electron chi connectivity index (χ2n) is 5.04. The zero-order chi connectivity index (χ0) is 17.1. The summed E-state index contributed by atoms with van der Waals surface area (Å²) in [6.07, 6.45) is 2.08. The first-order valence-corrected chi connectivity index (χ1v) is 6.88. The fourth-order valence-electron chi connectivity index (χ4n) is 2.25. The van der Waals surface area contributed by atoms with Gasteiger partial charge in [-0.25, -0.2) is 4.79 Å². The van der Waals surface area contributed by atoms with Crippen molar-refractivity contribution < 1.29 is 24.5 Å². The second-order valence-corrected chi connectivity index (χ2v) is 5.04. The molecule has 0 spiro atoms. The summed E-state index contributed by atoms with van der Waals surface area (Å²) in [5, 5.41) is 22.2. The number of rotatable bonds is 4. The normalized spacial score (nSPS) is 19.7. The molecule has 1 aliphatic heterocycles. The van der Waals surface area contributed by atoms with E-state index in [1.807, 2.05) is 0 Å². The van der Waals surface area contributed by atoms with Crippen LogP contribution in [0.15, 0.2) is 30.4 Å². The molecule has 0 radical (unpaired) electrons. The molecule has 1 saturated heterocycles. The Hall–Kier alpha value is -2.80. The Labute approximate surface area is 133 Å². The van der Waals surface area contributed by atoms with Gasteiger partial charge in [-0.15, -0.1) is 6.58 Å². The smallest absolute Gasteiger partial charge is 0.326 e. The third-order valence-electron chi connectivity index (χ3n) is 3.49. The van der Waals surface area contributed by atoms with E-state index < -0.39 is 18.2 Å². The number of aliphatic hydroxyl groups excluding tert-OH is 1. The summed E-state index contributed by atoms with van der Waals surface area (Å²) >= 11 is 0. The fraction of sp³-hybridized carbons (Fsp3) is 0.250. The Morgan fingerprint density at radius 2 is 2.13 bits per heavy atom. The summed E-state index contributed by atoms with van der Waals surface area (Å²) < 4.78 is 5.11. The van der Waals surface area contributed by atoms with Crippen LogP contribution in [0.4, 0.5) is 4.79 Å². The Morgan fingerprint density at radius 3 is 2.74 bits per heavy atom. The van der Waals surface area contributed by atoms with Crippen LogP contribution in [-0.2, 0) is 11.2 Å². The van der Waals surface area contributed by atoms with Crippen LogP contribution in [0.25, 0.3) is 6.08 Å². The molecule has 1 aliphatic rings. The summed E-state index contributed by atoms with van der Waals surface area (Å²) in [6.45, 7) is 3.62. The van der Waals surface area contributed by atoms with E-state index in [4.69, 9.17) is 4.74 Å². The minimum Gasteiger partial charge on any atom is -0.504 e. The van der Waals surface area contributed by atoms with Crippen LogP contribution < -0.4 is 10.1 Å². The van der Waals surface area contributed by atoms with Crippen LogP contribution in [0.2, 0.25) is 0 Å². The largest absolute Gasteiger partial charge is 0.504 e. The molecular weight excluding hydrogens is 300 g/mol. The molecule has 3 N–H and O–H groups in total. The van der Waals surface area contributed by atoms with E-state index in [2.05, 4.69) is 11.9 Å². The molecule has 3 amide bonds. The summed E-state index contributed by atoms with van der Waals surface area (Å²) in [6, 6.07) is 2.52. The number of ether oxygens (including phenoxy) is 1. The van der Waals surface area contributed by atoms with Crippen molar-refractivity contribution in [2.24, 2.45) is 0 Å². The number of benzene rings is 1. The van der Waals surface area contributed by atoms with Gasteiger partial charge < -0.3 is 20.3 Å². The maximum atomic E-state index is 12.1. The van der Waals surface area contributed by atoms with Gasteiger partial charge in [0.05, 0.1) is 12.7 Å². The first-order chi connectivity index (χ1) is 10.9. The number of imide groups is 1. The van der Waals surface area contributed by atoms with Gasteiger partial charge in [0.25, 0.3) is 5.91 Å². The number of carbonyl (C=O) groups excluding carboxylic acids is 2. The highest BCUT2D eigenvalue weighted by molar-refractivity contribution is 6.09. The molecule has 0 bridgehead atoms. The first-order valence-electron chi connectivity index (χ1n) is 6.88. The lowest BCUT2D eigenvalue weighted by molar-refractivity contribution is -0.125. The molecule has 2 rings (SSSR count). The molecule has 7 nitrogen and oxygen atoms in total. The van der Waals surface area contributed by atoms with Gasteiger partial charge in [-0.05, 0) is 30.2 Å². The van der Waals surface area contributed by atoms with Gasteiger partial charge in [-0.3, -0.25) is 9.69 Å². The van der Waals surface area contributed by atoms with Gasteiger partial charge in [-0.2, -0.15) is 0 Å². The van der Waals surface area contributed by atoms with Crippen molar-refractivity contribution >= 4 is 18.0 Å². The standard InChI is InChI=1S/C16H18N2O5/c1-4-5-10-6-9(8-12(23-3)13(10)19)7-11-14(20)17-16(22)18(2)15(11)21/h4,6-8,14,19-20H,1,5H2,2-3H3,(H,17,22)/b11-7+. The highest BCUT2D eigenvalue weighted by atomic mass is 16.5. The van der Waals surface area contributed by atoms with Crippen molar-refractivity contribution in [1.82, 2.24) is 10.2 Å². The number of phenolic OH excluding ortho intramolecular Hbond substituents is 1. The average molecular weight is 318 g/mol. The molecule has 1 aromatic rings. The molecule has 23 heavy (non-hydrogen) atoms. The summed E-state index contributed by atoms with van der Waals surface area (Å²) in [5.41, 5.74) is 1.13. The van der Waals surface area contributed by atoms with E-state index >= 15 is 0 Å². The molecule has 122 valence electrons. The highest BCUT2D eigenvalue weighted by Gasteiger charge is 2.33. The second kappa shape index (κ2) is 6.53. The first kappa shape index (κ1) is 16.6. The maximum Gasteiger partial charge on any atom is 0.326 e. The summed E-state index contributed by atoms with van der Waals surface area (Å²) in [5.74, 6) is -0.361. The SMILES string of the molecule is C=CCc1cc(/C=C2/C(=O)N(C)C(=O)NC2O)cc(OC)c1O. The number of carbonyl (C=O) groups is 2. The van der Waals surface area contributed by atoms with Crippen LogP contribution in [0.3, 0.4) is 0 Å². The van der Waals surface area contributed by atoms with Gasteiger partial charge in [0.2, 0.25) is 0 Å². The Bertz CT molecular complexity index is 696. The molecule has 0 aliphatic carbocycles. The predicted molar refractivity (Wildman–Crippen MR) is 83.8 cm³/mol. The fourth-order valence-corrected chi connectivity index (χ4v) is 2.25. The van der Waals surface area contributed by atoms with Crippen molar-refractivity contribution in [3.8, 4) is 11.5 Å². The number of amides is 3. The maximum absolute atomic E-state index is 12.1. The van der Waals surface area contributed by atoms with Crippen LogP contribution in [0, 0.1) is 0 Å². The average Bonchev–Trinajstić information content (AvgIpc) is 2.52. The van der Waals surface area contributed by atoms with E-state index in [0.29, 0.717) is 17.5 Å². The van der Waals surface area contributed by atoms with Crippen LogP contribution >= 0.6 is 0 Å². The van der Waals surface area contributed by atoms with Crippen LogP contribution in [-0.4, -0.2) is 47.4 Å². The number of likely N-dealkylation sites (N-methyl/N-ethyl adjacent to an activating group) is 1. The number of phenols is 1. The number of allylic oxidation sites excluding steroid dienone is 1. The lowest BCUT2D eigenvalue weighted by Gasteiger charge is -2.28. The number of urea groups is 1. The Balaban J connectivity index is 2.49. The van der Waals surface area contributed by atoms with Gasteiger partial charge in [0, 0.05) is 12.6 Å². The van der Waals surface area contributed by atoms with Crippen molar-refractivity contribution in [3.05, 3.63) is 41.5 Å². The molecule has 0 aromatic heterocycles. The van der Waals surface area contributed by atoms with Crippen molar-refractivity contribution in [1.29, 1.82) is 0 Å². The van der Waals surface area contributed by atoms with E-state index in [-0.39, 0.29) is 17.1 Å². The molecule has 1 heterocycles. The van der Waals surface area contributed by atoms with Crippen LogP contribution in [0.5, 0.6) is 11.5 Å². The molecule has 0 saturated carbocycles. The monoisotopic (exact) mass is 318 g/mol. The topological polar surface area (TPSA) is 99.1 Å². The Kier molecular flexibility index (Phi) is 4.71. The van der Waals surface area contributed by atoms with E-state index in [1.165, 1.54) is 26.3 Å². The van der Waals surface area contributed by atoms with Crippen LogP contribution in [0.1, 0.15) is 11.1 Å². The lowest BCUT2D eigenvalue weighted by Crippen LogP contribution is -2.54. The summed E-state index contributed by atoms with van der Waals surface area (Å²) in [4.78, 5) is 24.4. The highest BCUT2D eigenvalue weighted by Crippen LogP contribution is 2.33. The number of nitrogens with one attached hydrogen (secondary N) is 1. The van der Waals surface area contributed by atoms with Gasteiger partial charge >= 0.3 is 6.03 Å². The number of nitrogens with zero attached hydrogens (tertiary/aromatic N) is 1. The molecule has 1 unspecified atom stereocenters. The van der Waals surface area contributed by atoms with Crippen molar-refractivity contribution in [3.63, 3.8) is 0 Å². The number of hydrogen-bond donors (Lipinski definition) is 3. The third-order valence-corrected chi connectivity index (χ3v) is 3.49. The number of aromatic hydroxyl groups is 1. The predicted octanol–water partition coefficient (Wildman–Crippen LogP) is 1.01. The molecule has 1 fully saturated rings. The van der Waals surface area contributed by atoms with Gasteiger partial charge in [-0.1, -0.05) is 6.08 Å². The molecular formula is C16H18N2O5. The number of aliphatic hydroxyl groups is 1. The number of hydrogen-bond acceptors (Lipinski definition) is 5. The van der Waals surface area contributed by atoms with Gasteiger partial charge in [0.1, 0.15) is 0 Å². The van der Waals surface area contributed by atoms with Crippen molar-refractivity contribution in [2.75, 3.05) is 14.2 Å².